The van der Waals surface area contributed by atoms with E-state index in [-0.39, 0.29) is 17.8 Å². The molecule has 1 aliphatic heterocycles. The second kappa shape index (κ2) is 10.8. The summed E-state index contributed by atoms with van der Waals surface area (Å²) in [6.07, 6.45) is 1.40. The van der Waals surface area contributed by atoms with Crippen LogP contribution in [0.4, 0.5) is 0 Å². The number of dihydropyridines is 1. The first-order valence-corrected chi connectivity index (χ1v) is 12.6. The van der Waals surface area contributed by atoms with E-state index >= 15 is 0 Å². The zero-order valence-electron chi connectivity index (χ0n) is 21.3. The molecule has 2 aromatic rings. The Morgan fingerprint density at radius 1 is 1.11 bits per heavy atom. The summed E-state index contributed by atoms with van der Waals surface area (Å²) in [6, 6.07) is 13.1. The van der Waals surface area contributed by atoms with Crippen LogP contribution in [0.5, 0.6) is 11.5 Å². The maximum absolute atomic E-state index is 13.8. The van der Waals surface area contributed by atoms with E-state index in [0.29, 0.717) is 58.2 Å². The average Bonchev–Trinajstić information content (AvgIpc) is 2.87. The van der Waals surface area contributed by atoms with Crippen molar-refractivity contribution in [2.75, 3.05) is 14.2 Å². The lowest BCUT2D eigenvalue weighted by atomic mass is 9.71. The van der Waals surface area contributed by atoms with E-state index in [1.54, 1.807) is 20.3 Å². The zero-order chi connectivity index (χ0) is 26.0. The average molecular weight is 510 g/mol. The molecule has 6 nitrogen and oxygen atoms in total. The van der Waals surface area contributed by atoms with Crippen LogP contribution < -0.4 is 14.8 Å². The highest BCUT2D eigenvalue weighted by Gasteiger charge is 2.43. The van der Waals surface area contributed by atoms with Crippen LogP contribution in [0.1, 0.15) is 63.0 Å². The molecule has 0 aromatic heterocycles. The molecule has 1 heterocycles. The number of hydrogen-bond acceptors (Lipinski definition) is 6. The number of rotatable bonds is 7. The normalized spacial score (nSPS) is 20.4. The molecular formula is C29H32ClNO5. The second-order valence-electron chi connectivity index (χ2n) is 9.28. The molecule has 0 saturated heterocycles. The number of Topliss-reactive ketones (excluding diaryl/α,β-unsaturated/α-hetero) is 1. The van der Waals surface area contributed by atoms with Crippen LogP contribution in [0, 0.1) is 0 Å². The van der Waals surface area contributed by atoms with Crippen LogP contribution in [-0.2, 0) is 14.3 Å². The molecule has 7 heteroatoms. The largest absolute Gasteiger partial charge is 0.493 e. The topological polar surface area (TPSA) is 73.9 Å². The molecule has 0 saturated carbocycles. The summed E-state index contributed by atoms with van der Waals surface area (Å²) in [5, 5.41) is 4.04. The van der Waals surface area contributed by atoms with Crippen molar-refractivity contribution in [3.05, 3.63) is 81.2 Å². The van der Waals surface area contributed by atoms with Crippen molar-refractivity contribution in [2.45, 2.75) is 58.0 Å². The predicted molar refractivity (Wildman–Crippen MR) is 139 cm³/mol. The van der Waals surface area contributed by atoms with Crippen LogP contribution >= 0.6 is 11.6 Å². The van der Waals surface area contributed by atoms with Crippen LogP contribution in [-0.4, -0.2) is 32.1 Å². The Morgan fingerprint density at radius 3 is 2.47 bits per heavy atom. The van der Waals surface area contributed by atoms with Gasteiger partial charge in [0, 0.05) is 34.0 Å². The molecule has 190 valence electrons. The number of ether oxygens (including phenoxy) is 3. The maximum Gasteiger partial charge on any atom is 0.337 e. The summed E-state index contributed by atoms with van der Waals surface area (Å²) >= 11 is 6.08. The van der Waals surface area contributed by atoms with Gasteiger partial charge in [-0.2, -0.15) is 0 Å². The monoisotopic (exact) mass is 509 g/mol. The number of benzene rings is 2. The van der Waals surface area contributed by atoms with E-state index < -0.39 is 11.9 Å². The number of hydrogen-bond donors (Lipinski definition) is 1. The van der Waals surface area contributed by atoms with Gasteiger partial charge >= 0.3 is 5.97 Å². The lowest BCUT2D eigenvalue weighted by Crippen LogP contribution is -2.36. The van der Waals surface area contributed by atoms with Gasteiger partial charge in [0.1, 0.15) is 0 Å². The third-order valence-corrected chi connectivity index (χ3v) is 7.27. The minimum absolute atomic E-state index is 0.00952. The molecule has 0 unspecified atom stereocenters. The number of halogens is 1. The summed E-state index contributed by atoms with van der Waals surface area (Å²) in [6.45, 7) is 5.68. The molecule has 36 heavy (non-hydrogen) atoms. The van der Waals surface area contributed by atoms with E-state index in [9.17, 15) is 9.59 Å². The molecule has 4 rings (SSSR count). The highest BCUT2D eigenvalue weighted by molar-refractivity contribution is 6.30. The van der Waals surface area contributed by atoms with Gasteiger partial charge in [-0.25, -0.2) is 4.79 Å². The van der Waals surface area contributed by atoms with Gasteiger partial charge in [0.25, 0.3) is 0 Å². The van der Waals surface area contributed by atoms with Crippen molar-refractivity contribution < 1.29 is 23.8 Å². The molecule has 3 atom stereocenters. The van der Waals surface area contributed by atoms with Crippen molar-refractivity contribution in [3.63, 3.8) is 0 Å². The second-order valence-corrected chi connectivity index (χ2v) is 9.71. The van der Waals surface area contributed by atoms with Gasteiger partial charge < -0.3 is 19.5 Å². The predicted octanol–water partition coefficient (Wildman–Crippen LogP) is 6.06. The summed E-state index contributed by atoms with van der Waals surface area (Å²) in [5.41, 5.74) is 4.23. The number of esters is 1. The Hall–Kier alpha value is -3.25. The first kappa shape index (κ1) is 25.8. The third-order valence-electron chi connectivity index (χ3n) is 7.02. The van der Waals surface area contributed by atoms with Gasteiger partial charge in [-0.1, -0.05) is 42.8 Å². The molecule has 2 aliphatic rings. The number of nitrogens with one attached hydrogen (secondary N) is 1. The fourth-order valence-corrected chi connectivity index (χ4v) is 5.19. The first-order valence-electron chi connectivity index (χ1n) is 12.2. The minimum atomic E-state index is -0.637. The SMILES string of the molecule is CC[C@H](C)OC(=O)C1=C(C)NC2=C(C(=O)C[C@H](c3ccc(Cl)cc3)C2)[C@@H]1c1cccc(OC)c1OC. The highest BCUT2D eigenvalue weighted by atomic mass is 35.5. The van der Waals surface area contributed by atoms with Crippen LogP contribution in [0.3, 0.4) is 0 Å². The lowest BCUT2D eigenvalue weighted by Gasteiger charge is -2.37. The van der Waals surface area contributed by atoms with Crippen LogP contribution in [0.2, 0.25) is 5.02 Å². The first-order chi connectivity index (χ1) is 17.3. The minimum Gasteiger partial charge on any atom is -0.493 e. The standard InChI is InChI=1S/C29H32ClNO5/c1-6-16(2)36-29(33)25-17(3)31-22-14-19(18-10-12-20(30)13-11-18)15-23(32)27(22)26(25)21-8-7-9-24(34-4)28(21)35-5/h7-13,16,19,26,31H,6,14-15H2,1-5H3/t16-,19+,26+/m0/s1. The van der Waals surface area contributed by atoms with Crippen LogP contribution in [0.25, 0.3) is 0 Å². The Morgan fingerprint density at radius 2 is 1.83 bits per heavy atom. The summed E-state index contributed by atoms with van der Waals surface area (Å²) in [5.74, 6) is -0.0570. The third kappa shape index (κ3) is 4.87. The Balaban J connectivity index is 1.85. The van der Waals surface area contributed by atoms with E-state index in [2.05, 4.69) is 5.32 Å². The number of carbonyl (C=O) groups excluding carboxylic acids is 2. The number of para-hydroxylation sites is 1. The van der Waals surface area contributed by atoms with Crippen molar-refractivity contribution in [2.24, 2.45) is 0 Å². The fraction of sp³-hybridized carbons (Fsp3) is 0.379. The molecule has 0 amide bonds. The van der Waals surface area contributed by atoms with E-state index in [1.165, 1.54) is 0 Å². The summed E-state index contributed by atoms with van der Waals surface area (Å²) in [7, 11) is 3.13. The van der Waals surface area contributed by atoms with Crippen molar-refractivity contribution >= 4 is 23.4 Å². The number of carbonyl (C=O) groups is 2. The molecule has 0 bridgehead atoms. The summed E-state index contributed by atoms with van der Waals surface area (Å²) in [4.78, 5) is 27.3. The molecular weight excluding hydrogens is 478 g/mol. The number of allylic oxidation sites excluding steroid dienone is 3. The van der Waals surface area contributed by atoms with E-state index in [4.69, 9.17) is 25.8 Å². The van der Waals surface area contributed by atoms with Gasteiger partial charge in [-0.15, -0.1) is 0 Å². The van der Waals surface area contributed by atoms with E-state index in [1.807, 2.05) is 57.2 Å². The quantitative estimate of drug-likeness (QED) is 0.457. The lowest BCUT2D eigenvalue weighted by molar-refractivity contribution is -0.144. The molecule has 0 spiro atoms. The van der Waals surface area contributed by atoms with Gasteiger partial charge in [0.2, 0.25) is 0 Å². The van der Waals surface area contributed by atoms with Gasteiger partial charge in [0.15, 0.2) is 17.3 Å². The molecule has 0 fully saturated rings. The zero-order valence-corrected chi connectivity index (χ0v) is 22.1. The molecule has 1 aliphatic carbocycles. The van der Waals surface area contributed by atoms with Crippen molar-refractivity contribution in [3.8, 4) is 11.5 Å². The molecule has 0 radical (unpaired) electrons. The number of methoxy groups -OCH3 is 2. The Kier molecular flexibility index (Phi) is 7.74. The highest BCUT2D eigenvalue weighted by Crippen LogP contribution is 2.49. The number of ketones is 1. The van der Waals surface area contributed by atoms with Crippen molar-refractivity contribution in [1.29, 1.82) is 0 Å². The van der Waals surface area contributed by atoms with Gasteiger partial charge in [0.05, 0.1) is 31.8 Å². The Bertz CT molecular complexity index is 1230. The van der Waals surface area contributed by atoms with Gasteiger partial charge in [-0.05, 0) is 56.4 Å². The molecule has 1 N–H and O–H groups in total. The van der Waals surface area contributed by atoms with E-state index in [0.717, 1.165) is 11.3 Å². The molecule has 2 aromatic carbocycles. The van der Waals surface area contributed by atoms with Crippen molar-refractivity contribution in [1.82, 2.24) is 5.32 Å². The Labute approximate surface area is 217 Å². The smallest absolute Gasteiger partial charge is 0.337 e. The fourth-order valence-electron chi connectivity index (χ4n) is 5.06. The summed E-state index contributed by atoms with van der Waals surface area (Å²) < 4.78 is 17.0. The van der Waals surface area contributed by atoms with Crippen LogP contribution in [0.15, 0.2) is 65.0 Å². The maximum atomic E-state index is 13.8. The van der Waals surface area contributed by atoms with Gasteiger partial charge in [-0.3, -0.25) is 4.79 Å².